The molecule has 0 radical (unpaired) electrons. The minimum Gasteiger partial charge on any atom is -0.314 e. The largest absolute Gasteiger partial charge is 0.314 e. The van der Waals surface area contributed by atoms with Crippen molar-refractivity contribution in [3.05, 3.63) is 176 Å². The standard InChI is InChI=1S/C40H42N8O2/c1-29-35(39(49)47(45-29)33-19-11-5-12-20-33)37(31-15-7-3-8-16-31)43-27-25-41-23-24-42-26-28-44-38(32-17-9-4-10-18-32)36-30(2)46-48(40(36)50)34-21-13-6-14-22-34/h3-22,41-42,45-46H,23-28H2,1-2H3. The van der Waals surface area contributed by atoms with Crippen molar-refractivity contribution in [2.75, 3.05) is 39.3 Å². The van der Waals surface area contributed by atoms with E-state index in [4.69, 9.17) is 9.98 Å². The lowest BCUT2D eigenvalue weighted by molar-refractivity contribution is 0.619. The molecule has 0 aliphatic carbocycles. The summed E-state index contributed by atoms with van der Waals surface area (Å²) < 4.78 is 3.14. The second-order valence-electron chi connectivity index (χ2n) is 11.9. The van der Waals surface area contributed by atoms with Gasteiger partial charge in [-0.3, -0.25) is 29.8 Å². The number of benzene rings is 4. The number of aliphatic imine (C=N–C) groups is 2. The Morgan fingerprint density at radius 2 is 0.860 bits per heavy atom. The van der Waals surface area contributed by atoms with Crippen LogP contribution in [0.15, 0.2) is 141 Å². The molecule has 4 aromatic carbocycles. The van der Waals surface area contributed by atoms with E-state index in [0.717, 1.165) is 47.0 Å². The van der Waals surface area contributed by atoms with E-state index in [9.17, 15) is 9.59 Å². The molecule has 0 unspecified atom stereocenters. The van der Waals surface area contributed by atoms with Crippen LogP contribution in [0.25, 0.3) is 11.4 Å². The molecule has 10 nitrogen and oxygen atoms in total. The van der Waals surface area contributed by atoms with E-state index in [0.29, 0.717) is 48.7 Å². The molecule has 0 atom stereocenters. The highest BCUT2D eigenvalue weighted by atomic mass is 16.1. The van der Waals surface area contributed by atoms with E-state index >= 15 is 0 Å². The fourth-order valence-corrected chi connectivity index (χ4v) is 5.91. The van der Waals surface area contributed by atoms with Crippen LogP contribution in [0, 0.1) is 13.8 Å². The number of H-pyrrole nitrogens is 2. The molecule has 0 saturated carbocycles. The van der Waals surface area contributed by atoms with Crippen LogP contribution >= 0.6 is 0 Å². The van der Waals surface area contributed by atoms with Crippen LogP contribution in [0.2, 0.25) is 0 Å². The average Bonchev–Trinajstić information content (AvgIpc) is 3.62. The highest BCUT2D eigenvalue weighted by Crippen LogP contribution is 2.15. The van der Waals surface area contributed by atoms with Gasteiger partial charge >= 0.3 is 0 Å². The first-order chi connectivity index (χ1) is 24.5. The Hall–Kier alpha value is -5.84. The molecular weight excluding hydrogens is 624 g/mol. The second-order valence-corrected chi connectivity index (χ2v) is 11.9. The van der Waals surface area contributed by atoms with E-state index in [1.54, 1.807) is 9.36 Å². The van der Waals surface area contributed by atoms with Gasteiger partial charge in [0.2, 0.25) is 0 Å². The molecule has 254 valence electrons. The smallest absolute Gasteiger partial charge is 0.280 e. The Morgan fingerprint density at radius 3 is 1.22 bits per heavy atom. The number of hydrogen-bond acceptors (Lipinski definition) is 6. The molecule has 0 spiro atoms. The maximum Gasteiger partial charge on any atom is 0.280 e. The molecule has 4 N–H and O–H groups in total. The summed E-state index contributed by atoms with van der Waals surface area (Å²) in [6.07, 6.45) is 0. The average molecular weight is 667 g/mol. The molecule has 10 heteroatoms. The number of rotatable bonds is 15. The first kappa shape index (κ1) is 34.0. The van der Waals surface area contributed by atoms with Crippen molar-refractivity contribution in [2.45, 2.75) is 13.8 Å². The van der Waals surface area contributed by atoms with Gasteiger partial charge in [0.05, 0.1) is 47.0 Å². The summed E-state index contributed by atoms with van der Waals surface area (Å²) >= 11 is 0. The Kier molecular flexibility index (Phi) is 11.2. The predicted octanol–water partition coefficient (Wildman–Crippen LogP) is 4.82. The summed E-state index contributed by atoms with van der Waals surface area (Å²) in [7, 11) is 0. The molecule has 0 saturated heterocycles. The van der Waals surface area contributed by atoms with Crippen LogP contribution in [-0.4, -0.2) is 70.3 Å². The van der Waals surface area contributed by atoms with E-state index in [1.165, 1.54) is 0 Å². The van der Waals surface area contributed by atoms with Crippen LogP contribution in [-0.2, 0) is 0 Å². The fraction of sp³-hybridized carbons (Fsp3) is 0.200. The first-order valence-electron chi connectivity index (χ1n) is 16.9. The molecule has 0 aliphatic heterocycles. The maximum absolute atomic E-state index is 13.6. The van der Waals surface area contributed by atoms with Gasteiger partial charge in [0.25, 0.3) is 11.1 Å². The van der Waals surface area contributed by atoms with Crippen molar-refractivity contribution in [3.8, 4) is 11.4 Å². The van der Waals surface area contributed by atoms with Gasteiger partial charge in [0, 0.05) is 48.7 Å². The summed E-state index contributed by atoms with van der Waals surface area (Å²) in [5.74, 6) is 0. The number of aromatic nitrogens is 4. The SMILES string of the molecule is Cc1[nH]n(-c2ccccc2)c(=O)c1C(=NCCNCCNCCN=C(c1ccccc1)c1c(C)[nH]n(-c2ccccc2)c1=O)c1ccccc1. The highest BCUT2D eigenvalue weighted by Gasteiger charge is 2.20. The van der Waals surface area contributed by atoms with Crippen molar-refractivity contribution in [1.82, 2.24) is 30.2 Å². The number of nitrogens with one attached hydrogen (secondary N) is 4. The van der Waals surface area contributed by atoms with Gasteiger partial charge in [-0.15, -0.1) is 0 Å². The lowest BCUT2D eigenvalue weighted by Crippen LogP contribution is -2.30. The Morgan fingerprint density at radius 1 is 0.520 bits per heavy atom. The summed E-state index contributed by atoms with van der Waals surface area (Å²) in [4.78, 5) is 36.9. The Bertz CT molecular complexity index is 2000. The van der Waals surface area contributed by atoms with Gasteiger partial charge in [-0.25, -0.2) is 9.36 Å². The molecule has 0 fully saturated rings. The molecule has 0 aliphatic rings. The minimum atomic E-state index is -0.125. The van der Waals surface area contributed by atoms with Gasteiger partial charge in [0.1, 0.15) is 0 Å². The van der Waals surface area contributed by atoms with Crippen LogP contribution in [0.5, 0.6) is 0 Å². The zero-order chi connectivity index (χ0) is 34.7. The first-order valence-corrected chi connectivity index (χ1v) is 16.9. The number of para-hydroxylation sites is 2. The third kappa shape index (κ3) is 7.89. The molecule has 0 amide bonds. The predicted molar refractivity (Wildman–Crippen MR) is 202 cm³/mol. The van der Waals surface area contributed by atoms with Gasteiger partial charge in [-0.2, -0.15) is 0 Å². The van der Waals surface area contributed by atoms with Gasteiger partial charge < -0.3 is 10.6 Å². The third-order valence-electron chi connectivity index (χ3n) is 8.34. The van der Waals surface area contributed by atoms with Crippen molar-refractivity contribution in [3.63, 3.8) is 0 Å². The number of aryl methyl sites for hydroxylation is 2. The molecule has 6 aromatic rings. The number of aromatic amines is 2. The summed E-state index contributed by atoms with van der Waals surface area (Å²) in [6.45, 7) is 7.65. The van der Waals surface area contributed by atoms with Crippen LogP contribution in [0.3, 0.4) is 0 Å². The van der Waals surface area contributed by atoms with Crippen molar-refractivity contribution >= 4 is 11.4 Å². The van der Waals surface area contributed by atoms with Crippen molar-refractivity contribution in [1.29, 1.82) is 0 Å². The molecule has 6 rings (SSSR count). The molecule has 50 heavy (non-hydrogen) atoms. The maximum atomic E-state index is 13.6. The zero-order valence-corrected chi connectivity index (χ0v) is 28.4. The monoisotopic (exact) mass is 666 g/mol. The van der Waals surface area contributed by atoms with Gasteiger partial charge in [0.15, 0.2) is 0 Å². The van der Waals surface area contributed by atoms with E-state index in [1.807, 2.05) is 135 Å². The molecule has 2 aromatic heterocycles. The van der Waals surface area contributed by atoms with E-state index < -0.39 is 0 Å². The number of hydrogen-bond donors (Lipinski definition) is 4. The summed E-state index contributed by atoms with van der Waals surface area (Å²) in [5, 5.41) is 13.3. The van der Waals surface area contributed by atoms with Crippen molar-refractivity contribution in [2.24, 2.45) is 9.98 Å². The topological polar surface area (TPSA) is 124 Å². The van der Waals surface area contributed by atoms with Crippen LogP contribution in [0.4, 0.5) is 0 Å². The number of nitrogens with zero attached hydrogens (tertiary/aromatic N) is 4. The quantitative estimate of drug-likeness (QED) is 0.0928. The molecule has 2 heterocycles. The third-order valence-corrected chi connectivity index (χ3v) is 8.34. The van der Waals surface area contributed by atoms with Crippen LogP contribution in [0.1, 0.15) is 33.6 Å². The lowest BCUT2D eigenvalue weighted by Gasteiger charge is -2.08. The lowest BCUT2D eigenvalue weighted by atomic mass is 10.0. The van der Waals surface area contributed by atoms with E-state index in [2.05, 4.69) is 20.8 Å². The summed E-state index contributed by atoms with van der Waals surface area (Å²) in [6, 6.07) is 38.8. The minimum absolute atomic E-state index is 0.125. The fourth-order valence-electron chi connectivity index (χ4n) is 5.91. The zero-order valence-electron chi connectivity index (χ0n) is 28.4. The molecular formula is C40H42N8O2. The van der Waals surface area contributed by atoms with E-state index in [-0.39, 0.29) is 11.1 Å². The van der Waals surface area contributed by atoms with Gasteiger partial charge in [-0.1, -0.05) is 97.1 Å². The normalized spacial score (nSPS) is 12.0. The highest BCUT2D eigenvalue weighted by molar-refractivity contribution is 6.14. The van der Waals surface area contributed by atoms with Crippen molar-refractivity contribution < 1.29 is 0 Å². The van der Waals surface area contributed by atoms with Crippen LogP contribution < -0.4 is 21.8 Å². The summed E-state index contributed by atoms with van der Waals surface area (Å²) in [5.41, 5.74) is 7.16. The Labute approximate surface area is 291 Å². The molecule has 0 bridgehead atoms. The second kappa shape index (κ2) is 16.5. The van der Waals surface area contributed by atoms with Gasteiger partial charge in [-0.05, 0) is 38.1 Å². The Balaban J connectivity index is 1.05.